The smallest absolute Gasteiger partial charge is 0.241 e. The first-order chi connectivity index (χ1) is 8.61. The molecule has 0 unspecified atom stereocenters. The minimum atomic E-state index is -0.0719. The van der Waals surface area contributed by atoms with E-state index in [1.54, 1.807) is 23.1 Å². The molecule has 1 fully saturated rings. The van der Waals surface area contributed by atoms with E-state index in [2.05, 4.69) is 0 Å². The van der Waals surface area contributed by atoms with Gasteiger partial charge in [0.05, 0.1) is 0 Å². The third-order valence-electron chi connectivity index (χ3n) is 3.55. The number of rotatable bonds is 4. The standard InChI is InChI=1S/C14H18ClNO2/c1-10-7-12(17)5-6-13(10)16(14(18)8-15)9-11-3-2-4-11/h5-7,11,17H,2-4,8-9H2,1H3. The summed E-state index contributed by atoms with van der Waals surface area (Å²) in [5.41, 5.74) is 1.75. The molecule has 4 heteroatoms. The normalized spacial score (nSPS) is 15.2. The van der Waals surface area contributed by atoms with E-state index in [0.29, 0.717) is 5.92 Å². The molecule has 1 amide bonds. The van der Waals surface area contributed by atoms with E-state index in [-0.39, 0.29) is 17.5 Å². The van der Waals surface area contributed by atoms with E-state index in [9.17, 15) is 9.90 Å². The third kappa shape index (κ3) is 2.78. The number of hydrogen-bond donors (Lipinski definition) is 1. The van der Waals surface area contributed by atoms with Gasteiger partial charge in [-0.1, -0.05) is 6.42 Å². The molecule has 0 aromatic heterocycles. The van der Waals surface area contributed by atoms with Crippen LogP contribution >= 0.6 is 11.6 Å². The number of halogens is 1. The van der Waals surface area contributed by atoms with Crippen LogP contribution < -0.4 is 4.90 Å². The second kappa shape index (κ2) is 5.61. The largest absolute Gasteiger partial charge is 0.508 e. The maximum atomic E-state index is 12.0. The Morgan fingerprint density at radius 3 is 2.72 bits per heavy atom. The van der Waals surface area contributed by atoms with Crippen molar-refractivity contribution in [2.75, 3.05) is 17.3 Å². The average Bonchev–Trinajstić information content (AvgIpc) is 2.28. The molecule has 1 aromatic carbocycles. The van der Waals surface area contributed by atoms with Crippen LogP contribution in [-0.4, -0.2) is 23.4 Å². The highest BCUT2D eigenvalue weighted by Gasteiger charge is 2.25. The lowest BCUT2D eigenvalue weighted by Crippen LogP contribution is -2.38. The quantitative estimate of drug-likeness (QED) is 0.852. The number of alkyl halides is 1. The Morgan fingerprint density at radius 2 is 2.22 bits per heavy atom. The Bertz CT molecular complexity index is 443. The zero-order valence-corrected chi connectivity index (χ0v) is 11.3. The molecule has 1 saturated carbocycles. The molecule has 0 heterocycles. The first-order valence-electron chi connectivity index (χ1n) is 6.27. The number of phenols is 1. The fourth-order valence-electron chi connectivity index (χ4n) is 2.28. The summed E-state index contributed by atoms with van der Waals surface area (Å²) in [4.78, 5) is 13.7. The zero-order chi connectivity index (χ0) is 13.1. The molecule has 1 aliphatic carbocycles. The van der Waals surface area contributed by atoms with Gasteiger partial charge in [0, 0.05) is 12.2 Å². The summed E-state index contributed by atoms with van der Waals surface area (Å²) in [5, 5.41) is 9.42. The summed E-state index contributed by atoms with van der Waals surface area (Å²) in [5.74, 6) is 0.730. The predicted octanol–water partition coefficient (Wildman–Crippen LogP) is 3.07. The van der Waals surface area contributed by atoms with Gasteiger partial charge < -0.3 is 10.0 Å². The van der Waals surface area contributed by atoms with Crippen LogP contribution in [0, 0.1) is 12.8 Å². The van der Waals surface area contributed by atoms with Gasteiger partial charge in [-0.2, -0.15) is 0 Å². The van der Waals surface area contributed by atoms with Crippen molar-refractivity contribution < 1.29 is 9.90 Å². The van der Waals surface area contributed by atoms with Crippen molar-refractivity contribution in [3.05, 3.63) is 23.8 Å². The molecule has 0 radical (unpaired) electrons. The van der Waals surface area contributed by atoms with Crippen LogP contribution in [0.25, 0.3) is 0 Å². The summed E-state index contributed by atoms with van der Waals surface area (Å²) >= 11 is 5.68. The molecular weight excluding hydrogens is 250 g/mol. The van der Waals surface area contributed by atoms with Crippen LogP contribution in [-0.2, 0) is 4.79 Å². The van der Waals surface area contributed by atoms with Crippen LogP contribution in [0.5, 0.6) is 5.75 Å². The van der Waals surface area contributed by atoms with Gasteiger partial charge in [-0.05, 0) is 49.4 Å². The lowest BCUT2D eigenvalue weighted by atomic mass is 9.85. The minimum Gasteiger partial charge on any atom is -0.508 e. The molecule has 0 atom stereocenters. The van der Waals surface area contributed by atoms with E-state index in [4.69, 9.17) is 11.6 Å². The summed E-state index contributed by atoms with van der Waals surface area (Å²) in [7, 11) is 0. The van der Waals surface area contributed by atoms with Crippen LogP contribution in [0.2, 0.25) is 0 Å². The topological polar surface area (TPSA) is 40.5 Å². The van der Waals surface area contributed by atoms with Crippen molar-refractivity contribution >= 4 is 23.2 Å². The summed E-state index contributed by atoms with van der Waals surface area (Å²) in [6.45, 7) is 2.63. The third-order valence-corrected chi connectivity index (χ3v) is 3.78. The van der Waals surface area contributed by atoms with Crippen LogP contribution in [0.15, 0.2) is 18.2 Å². The predicted molar refractivity (Wildman–Crippen MR) is 73.3 cm³/mol. The van der Waals surface area contributed by atoms with Crippen LogP contribution in [0.1, 0.15) is 24.8 Å². The number of aryl methyl sites for hydroxylation is 1. The Hall–Kier alpha value is -1.22. The van der Waals surface area contributed by atoms with Gasteiger partial charge in [0.15, 0.2) is 0 Å². The van der Waals surface area contributed by atoms with Gasteiger partial charge in [0.25, 0.3) is 0 Å². The summed E-state index contributed by atoms with van der Waals surface area (Å²) in [6, 6.07) is 5.07. The van der Waals surface area contributed by atoms with Crippen molar-refractivity contribution in [1.82, 2.24) is 0 Å². The highest BCUT2D eigenvalue weighted by atomic mass is 35.5. The molecule has 1 aliphatic rings. The molecule has 3 nitrogen and oxygen atoms in total. The van der Waals surface area contributed by atoms with E-state index in [1.807, 2.05) is 6.92 Å². The maximum absolute atomic E-state index is 12.0. The van der Waals surface area contributed by atoms with Crippen molar-refractivity contribution in [3.8, 4) is 5.75 Å². The fraction of sp³-hybridized carbons (Fsp3) is 0.500. The minimum absolute atomic E-state index is 0.00691. The Kier molecular flexibility index (Phi) is 4.12. The van der Waals surface area contributed by atoms with Gasteiger partial charge in [0.2, 0.25) is 5.91 Å². The molecule has 0 aliphatic heterocycles. The molecule has 0 spiro atoms. The van der Waals surface area contributed by atoms with Crippen LogP contribution in [0.3, 0.4) is 0 Å². The molecule has 18 heavy (non-hydrogen) atoms. The second-order valence-corrected chi connectivity index (χ2v) is 5.17. The fourth-order valence-corrected chi connectivity index (χ4v) is 2.43. The second-order valence-electron chi connectivity index (χ2n) is 4.91. The average molecular weight is 268 g/mol. The van der Waals surface area contributed by atoms with E-state index in [0.717, 1.165) is 17.8 Å². The van der Waals surface area contributed by atoms with Crippen LogP contribution in [0.4, 0.5) is 5.69 Å². The Labute approximate surface area is 112 Å². The Balaban J connectivity index is 2.23. The Morgan fingerprint density at radius 1 is 1.50 bits per heavy atom. The van der Waals surface area contributed by atoms with E-state index in [1.165, 1.54) is 19.3 Å². The lowest BCUT2D eigenvalue weighted by Gasteiger charge is -2.33. The molecular formula is C14H18ClNO2. The first kappa shape index (κ1) is 13.2. The summed E-state index contributed by atoms with van der Waals surface area (Å²) in [6.07, 6.45) is 3.62. The van der Waals surface area contributed by atoms with Crippen molar-refractivity contribution in [1.29, 1.82) is 0 Å². The number of phenolic OH excluding ortho intramolecular Hbond substituents is 1. The first-order valence-corrected chi connectivity index (χ1v) is 6.81. The number of carbonyl (C=O) groups excluding carboxylic acids is 1. The molecule has 98 valence electrons. The van der Waals surface area contributed by atoms with Gasteiger partial charge in [-0.3, -0.25) is 4.79 Å². The van der Waals surface area contributed by atoms with Crippen molar-refractivity contribution in [3.63, 3.8) is 0 Å². The van der Waals surface area contributed by atoms with Gasteiger partial charge in [0.1, 0.15) is 11.6 Å². The zero-order valence-electron chi connectivity index (χ0n) is 10.5. The molecule has 1 aromatic rings. The number of aromatic hydroxyl groups is 1. The number of benzene rings is 1. The van der Waals surface area contributed by atoms with Gasteiger partial charge >= 0.3 is 0 Å². The highest BCUT2D eigenvalue weighted by molar-refractivity contribution is 6.29. The van der Waals surface area contributed by atoms with E-state index < -0.39 is 0 Å². The maximum Gasteiger partial charge on any atom is 0.241 e. The number of amides is 1. The number of carbonyl (C=O) groups is 1. The molecule has 0 bridgehead atoms. The number of anilines is 1. The SMILES string of the molecule is Cc1cc(O)ccc1N(CC1CCC1)C(=O)CCl. The van der Waals surface area contributed by atoms with E-state index >= 15 is 0 Å². The van der Waals surface area contributed by atoms with Crippen molar-refractivity contribution in [2.24, 2.45) is 5.92 Å². The highest BCUT2D eigenvalue weighted by Crippen LogP contribution is 2.31. The monoisotopic (exact) mass is 267 g/mol. The van der Waals surface area contributed by atoms with Crippen molar-refractivity contribution in [2.45, 2.75) is 26.2 Å². The van der Waals surface area contributed by atoms with Gasteiger partial charge in [-0.15, -0.1) is 11.6 Å². The number of nitrogens with zero attached hydrogens (tertiary/aromatic N) is 1. The molecule has 1 N–H and O–H groups in total. The molecule has 0 saturated heterocycles. The number of hydrogen-bond acceptors (Lipinski definition) is 2. The lowest BCUT2D eigenvalue weighted by molar-refractivity contribution is -0.116. The summed E-state index contributed by atoms with van der Waals surface area (Å²) < 4.78 is 0. The van der Waals surface area contributed by atoms with Gasteiger partial charge in [-0.25, -0.2) is 0 Å². The molecule has 2 rings (SSSR count).